The molecule has 2 saturated heterocycles. The summed E-state index contributed by atoms with van der Waals surface area (Å²) in [6.45, 7) is 4.19. The third kappa shape index (κ3) is 3.93. The molecule has 1 aromatic rings. The normalized spacial score (nSPS) is 23.0. The Balaban J connectivity index is 1.51. The topological polar surface area (TPSA) is 49.6 Å². The zero-order valence-corrected chi connectivity index (χ0v) is 14.2. The van der Waals surface area contributed by atoms with Gasteiger partial charge in [-0.3, -0.25) is 4.79 Å². The number of nitrogens with zero attached hydrogens (tertiary/aromatic N) is 2. The van der Waals surface area contributed by atoms with Crippen LogP contribution in [0.1, 0.15) is 37.3 Å². The number of benzene rings is 1. The van der Waals surface area contributed by atoms with E-state index >= 15 is 0 Å². The Morgan fingerprint density at radius 2 is 1.52 bits per heavy atom. The van der Waals surface area contributed by atoms with E-state index in [0.29, 0.717) is 0 Å². The molecule has 0 saturated carbocycles. The van der Waals surface area contributed by atoms with Gasteiger partial charge in [-0.2, -0.15) is 0 Å². The van der Waals surface area contributed by atoms with Gasteiger partial charge < -0.3 is 15.5 Å². The number of amides is 1. The summed E-state index contributed by atoms with van der Waals surface area (Å²) in [4.78, 5) is 17.0. The molecule has 2 aliphatic heterocycles. The minimum Gasteiger partial charge on any atom is -0.341 e. The maximum Gasteiger partial charge on any atom is 0.244 e. The predicted octanol–water partition coefficient (Wildman–Crippen LogP) is 2.27. The molecule has 126 valence electrons. The number of hydrogen-bond acceptors (Lipinski definition) is 3. The van der Waals surface area contributed by atoms with Crippen LogP contribution in [-0.4, -0.2) is 48.9 Å². The highest BCUT2D eigenvalue weighted by atomic mass is 16.2. The lowest BCUT2D eigenvalue weighted by atomic mass is 9.79. The number of nitrogens with two attached hydrogens (primary N) is 1. The minimum atomic E-state index is -0.518. The van der Waals surface area contributed by atoms with Crippen molar-refractivity contribution in [2.24, 2.45) is 17.6 Å². The first-order valence-electron chi connectivity index (χ1n) is 8.93. The quantitative estimate of drug-likeness (QED) is 0.931. The van der Waals surface area contributed by atoms with Crippen LogP contribution in [0.4, 0.5) is 0 Å². The van der Waals surface area contributed by atoms with Gasteiger partial charge in [-0.15, -0.1) is 0 Å². The number of rotatable bonds is 3. The predicted molar refractivity (Wildman–Crippen MR) is 92.9 cm³/mol. The fraction of sp³-hybridized carbons (Fsp3) is 0.632. The molecule has 0 bridgehead atoms. The van der Waals surface area contributed by atoms with Crippen LogP contribution in [0.15, 0.2) is 30.3 Å². The molecule has 2 N–H and O–H groups in total. The molecule has 4 heteroatoms. The molecule has 1 amide bonds. The van der Waals surface area contributed by atoms with E-state index in [1.54, 1.807) is 0 Å². The molecule has 0 radical (unpaired) electrons. The lowest BCUT2D eigenvalue weighted by Crippen LogP contribution is -2.45. The minimum absolute atomic E-state index is 0.0815. The van der Waals surface area contributed by atoms with E-state index in [9.17, 15) is 4.79 Å². The van der Waals surface area contributed by atoms with Gasteiger partial charge in [-0.05, 0) is 63.2 Å². The highest BCUT2D eigenvalue weighted by Gasteiger charge is 2.31. The standard InChI is InChI=1S/C19H29N3O/c1-21-11-7-15(8-12-21)16-9-13-22(14-10-16)19(23)18(20)17-5-3-2-4-6-17/h2-6,15-16,18H,7-14,20H2,1H3/t18-/m1/s1. The van der Waals surface area contributed by atoms with Crippen LogP contribution >= 0.6 is 0 Å². The second kappa shape index (κ2) is 7.45. The van der Waals surface area contributed by atoms with E-state index in [2.05, 4.69) is 11.9 Å². The van der Waals surface area contributed by atoms with Gasteiger partial charge in [0.25, 0.3) is 0 Å². The highest BCUT2D eigenvalue weighted by molar-refractivity contribution is 5.83. The first-order valence-corrected chi connectivity index (χ1v) is 8.93. The molecule has 3 rings (SSSR count). The van der Waals surface area contributed by atoms with Crippen LogP contribution in [0, 0.1) is 11.8 Å². The van der Waals surface area contributed by atoms with Crippen LogP contribution in [-0.2, 0) is 4.79 Å². The van der Waals surface area contributed by atoms with Gasteiger partial charge in [0, 0.05) is 13.1 Å². The van der Waals surface area contributed by atoms with Crippen molar-refractivity contribution in [1.29, 1.82) is 0 Å². The van der Waals surface area contributed by atoms with E-state index in [0.717, 1.165) is 43.3 Å². The molecule has 4 nitrogen and oxygen atoms in total. The second-order valence-corrected chi connectivity index (χ2v) is 7.19. The van der Waals surface area contributed by atoms with Crippen molar-refractivity contribution in [1.82, 2.24) is 9.80 Å². The summed E-state index contributed by atoms with van der Waals surface area (Å²) in [5, 5.41) is 0. The smallest absolute Gasteiger partial charge is 0.244 e. The fourth-order valence-electron chi connectivity index (χ4n) is 4.09. The summed E-state index contributed by atoms with van der Waals surface area (Å²) >= 11 is 0. The molecule has 23 heavy (non-hydrogen) atoms. The van der Waals surface area contributed by atoms with Crippen LogP contribution in [0.5, 0.6) is 0 Å². The number of carbonyl (C=O) groups is 1. The van der Waals surface area contributed by atoms with Gasteiger partial charge in [-0.1, -0.05) is 30.3 Å². The summed E-state index contributed by atoms with van der Waals surface area (Å²) in [5.74, 6) is 1.73. The Kier molecular flexibility index (Phi) is 5.34. The van der Waals surface area contributed by atoms with Gasteiger partial charge in [0.1, 0.15) is 6.04 Å². The Labute approximate surface area is 139 Å². The van der Waals surface area contributed by atoms with E-state index in [1.165, 1.54) is 25.9 Å². The summed E-state index contributed by atoms with van der Waals surface area (Å²) < 4.78 is 0. The maximum absolute atomic E-state index is 12.6. The van der Waals surface area contributed by atoms with Crippen molar-refractivity contribution in [3.05, 3.63) is 35.9 Å². The zero-order chi connectivity index (χ0) is 16.2. The summed E-state index contributed by atoms with van der Waals surface area (Å²) in [6, 6.07) is 9.19. The molecule has 2 heterocycles. The summed E-state index contributed by atoms with van der Waals surface area (Å²) in [5.41, 5.74) is 7.08. The first kappa shape index (κ1) is 16.5. The van der Waals surface area contributed by atoms with E-state index < -0.39 is 6.04 Å². The second-order valence-electron chi connectivity index (χ2n) is 7.19. The van der Waals surface area contributed by atoms with Crippen molar-refractivity contribution in [2.45, 2.75) is 31.7 Å². The number of hydrogen-bond donors (Lipinski definition) is 1. The van der Waals surface area contributed by atoms with Crippen LogP contribution in [0.3, 0.4) is 0 Å². The molecule has 1 aromatic carbocycles. The fourth-order valence-corrected chi connectivity index (χ4v) is 4.09. The third-order valence-electron chi connectivity index (χ3n) is 5.71. The Bertz CT molecular complexity index is 503. The van der Waals surface area contributed by atoms with E-state index in [4.69, 9.17) is 5.73 Å². The summed E-state index contributed by atoms with van der Waals surface area (Å²) in [7, 11) is 2.21. The number of likely N-dealkylation sites (tertiary alicyclic amines) is 2. The van der Waals surface area contributed by atoms with Crippen LogP contribution in [0.25, 0.3) is 0 Å². The lowest BCUT2D eigenvalue weighted by Gasteiger charge is -2.40. The molecular weight excluding hydrogens is 286 g/mol. The lowest BCUT2D eigenvalue weighted by molar-refractivity contribution is -0.134. The molecule has 0 spiro atoms. The molecule has 2 aliphatic rings. The van der Waals surface area contributed by atoms with Gasteiger partial charge in [0.05, 0.1) is 0 Å². The van der Waals surface area contributed by atoms with E-state index in [1.807, 2.05) is 35.2 Å². The van der Waals surface area contributed by atoms with Gasteiger partial charge in [0.2, 0.25) is 5.91 Å². The maximum atomic E-state index is 12.6. The molecule has 0 aliphatic carbocycles. The van der Waals surface area contributed by atoms with Crippen molar-refractivity contribution in [2.75, 3.05) is 33.2 Å². The van der Waals surface area contributed by atoms with Crippen molar-refractivity contribution in [3.8, 4) is 0 Å². The van der Waals surface area contributed by atoms with Crippen molar-refractivity contribution < 1.29 is 4.79 Å². The van der Waals surface area contributed by atoms with Crippen LogP contribution < -0.4 is 5.73 Å². The van der Waals surface area contributed by atoms with Crippen molar-refractivity contribution in [3.63, 3.8) is 0 Å². The molecule has 0 aromatic heterocycles. The zero-order valence-electron chi connectivity index (χ0n) is 14.2. The largest absolute Gasteiger partial charge is 0.341 e. The number of carbonyl (C=O) groups excluding carboxylic acids is 1. The summed E-state index contributed by atoms with van der Waals surface area (Å²) in [6.07, 6.45) is 4.92. The SMILES string of the molecule is CN1CCC(C2CCN(C(=O)[C@H](N)c3ccccc3)CC2)CC1. The average Bonchev–Trinajstić information content (AvgIpc) is 2.62. The van der Waals surface area contributed by atoms with E-state index in [-0.39, 0.29) is 5.91 Å². The molecule has 2 fully saturated rings. The van der Waals surface area contributed by atoms with Crippen LogP contribution in [0.2, 0.25) is 0 Å². The molecular formula is C19H29N3O. The molecule has 0 unspecified atom stereocenters. The highest BCUT2D eigenvalue weighted by Crippen LogP contribution is 2.32. The van der Waals surface area contributed by atoms with Gasteiger partial charge in [-0.25, -0.2) is 0 Å². The monoisotopic (exact) mass is 315 g/mol. The van der Waals surface area contributed by atoms with Gasteiger partial charge in [0.15, 0.2) is 0 Å². The molecule has 1 atom stereocenters. The van der Waals surface area contributed by atoms with Gasteiger partial charge >= 0.3 is 0 Å². The van der Waals surface area contributed by atoms with Crippen molar-refractivity contribution >= 4 is 5.91 Å². The number of piperidine rings is 2. The Hall–Kier alpha value is -1.39. The Morgan fingerprint density at radius 1 is 1.00 bits per heavy atom. The Morgan fingerprint density at radius 3 is 2.09 bits per heavy atom. The average molecular weight is 315 g/mol. The first-order chi connectivity index (χ1) is 11.1. The third-order valence-corrected chi connectivity index (χ3v) is 5.71.